The molecule has 40 heavy (non-hydrogen) atoms. The molecule has 0 saturated heterocycles. The van der Waals surface area contributed by atoms with E-state index >= 15 is 0 Å². The second-order valence-corrected chi connectivity index (χ2v) is 9.30. The topological polar surface area (TPSA) is 82.3 Å². The van der Waals surface area contributed by atoms with E-state index in [1.807, 2.05) is 50.2 Å². The zero-order valence-electron chi connectivity index (χ0n) is 21.9. The molecule has 3 aromatic carbocycles. The average molecular weight is 572 g/mol. The van der Waals surface area contributed by atoms with Crippen molar-refractivity contribution >= 4 is 41.3 Å². The van der Waals surface area contributed by atoms with Crippen molar-refractivity contribution in [1.82, 2.24) is 5.32 Å². The number of carbonyl (C=O) groups is 2. The van der Waals surface area contributed by atoms with Crippen LogP contribution in [0.3, 0.4) is 0 Å². The van der Waals surface area contributed by atoms with Gasteiger partial charge in [0.05, 0.1) is 22.1 Å². The van der Waals surface area contributed by atoms with Crippen LogP contribution in [-0.4, -0.2) is 44.7 Å². The summed E-state index contributed by atoms with van der Waals surface area (Å²) in [5, 5.41) is 10.8. The molecule has 6 nitrogen and oxygen atoms in total. The Morgan fingerprint density at radius 2 is 1.75 bits per heavy atom. The van der Waals surface area contributed by atoms with Crippen LogP contribution in [0.2, 0.25) is 5.02 Å². The van der Waals surface area contributed by atoms with Gasteiger partial charge in [-0.3, -0.25) is 10.2 Å². The van der Waals surface area contributed by atoms with E-state index in [1.165, 1.54) is 0 Å². The van der Waals surface area contributed by atoms with E-state index in [4.69, 9.17) is 26.5 Å². The lowest BCUT2D eigenvalue weighted by molar-refractivity contribution is -0.118. The molecule has 3 aromatic rings. The lowest BCUT2D eigenvalue weighted by Crippen LogP contribution is -2.22. The third-order valence-corrected chi connectivity index (χ3v) is 6.44. The molecule has 0 unspecified atom stereocenters. The summed E-state index contributed by atoms with van der Waals surface area (Å²) in [6, 6.07) is 20.3. The zero-order chi connectivity index (χ0) is 29.3. The quantitative estimate of drug-likeness (QED) is 0.182. The second-order valence-electron chi connectivity index (χ2n) is 8.90. The van der Waals surface area contributed by atoms with Crippen LogP contribution in [0, 0.1) is 5.41 Å². The van der Waals surface area contributed by atoms with Gasteiger partial charge in [0.15, 0.2) is 0 Å². The standard InChI is InChI=1S/C29H27ClF3N3O2.CH2O/c1-35-15-14-23(37)11-8-19-4-2-5-21(16-19)20-9-12-24(13-10-20)38-18-22(17-27(34)29(31,32)33)36-26-7-3-6-25(30)28(26)36;1-2/h2-7,9-10,12-13,16-17,34-35H,8,11,14-15,18H2,1H3;1H2/b22-17-,34-27?;. The molecule has 0 fully saturated rings. The van der Waals surface area contributed by atoms with E-state index < -0.39 is 11.9 Å². The summed E-state index contributed by atoms with van der Waals surface area (Å²) in [6.45, 7) is 2.49. The molecule has 2 N–H and O–H groups in total. The molecule has 0 atom stereocenters. The number of Topliss-reactive ketones (excluding diaryl/α,β-unsaturated/α-hetero) is 1. The first kappa shape index (κ1) is 30.6. The number of hydrogen-bond acceptors (Lipinski definition) is 6. The summed E-state index contributed by atoms with van der Waals surface area (Å²) in [7, 11) is 1.82. The van der Waals surface area contributed by atoms with Crippen molar-refractivity contribution in [2.45, 2.75) is 25.4 Å². The van der Waals surface area contributed by atoms with E-state index in [9.17, 15) is 18.0 Å². The summed E-state index contributed by atoms with van der Waals surface area (Å²) in [5.74, 6) is 0.694. The van der Waals surface area contributed by atoms with Gasteiger partial charge in [-0.25, -0.2) is 0 Å². The Morgan fingerprint density at radius 1 is 1.05 bits per heavy atom. The first-order valence-electron chi connectivity index (χ1n) is 12.4. The summed E-state index contributed by atoms with van der Waals surface area (Å²) in [6.07, 6.45) is -2.33. The molecular formula is C30H29ClF3N3O3. The highest BCUT2D eigenvalue weighted by Gasteiger charge is 2.38. The van der Waals surface area contributed by atoms with Crippen LogP contribution in [0.25, 0.3) is 11.1 Å². The SMILES string of the molecule is C=O.CNCCC(=O)CCc1cccc(-c2ccc(OC/C(=C/C(=N)C(F)(F)F)N3c4cccc(Cl)c43)cc2)c1. The fourth-order valence-electron chi connectivity index (χ4n) is 4.06. The largest absolute Gasteiger partial charge is 0.487 e. The highest BCUT2D eigenvalue weighted by atomic mass is 35.5. The van der Waals surface area contributed by atoms with Gasteiger partial charge in [0, 0.05) is 19.4 Å². The van der Waals surface area contributed by atoms with Crippen LogP contribution < -0.4 is 15.0 Å². The molecule has 210 valence electrons. The minimum absolute atomic E-state index is 0.163. The van der Waals surface area contributed by atoms with E-state index in [1.54, 1.807) is 35.2 Å². The van der Waals surface area contributed by atoms with Gasteiger partial charge in [-0.1, -0.05) is 54.1 Å². The summed E-state index contributed by atoms with van der Waals surface area (Å²) in [5.41, 5.74) is 2.99. The number of halogens is 4. The number of alkyl halides is 3. The maximum Gasteiger partial charge on any atom is 0.432 e. The van der Waals surface area contributed by atoms with Crippen LogP contribution >= 0.6 is 11.6 Å². The number of nitrogens with zero attached hydrogens (tertiary/aromatic N) is 1. The maximum absolute atomic E-state index is 13.1. The molecule has 10 heteroatoms. The maximum atomic E-state index is 13.1. The number of allylic oxidation sites excluding steroid dienone is 1. The lowest BCUT2D eigenvalue weighted by Gasteiger charge is -2.14. The highest BCUT2D eigenvalue weighted by molar-refractivity contribution is 6.36. The molecule has 4 rings (SSSR count). The number of nitrogens with one attached hydrogen (secondary N) is 2. The van der Waals surface area contributed by atoms with Crippen LogP contribution in [0.4, 0.5) is 24.5 Å². The van der Waals surface area contributed by atoms with E-state index in [0.29, 0.717) is 48.0 Å². The van der Waals surface area contributed by atoms with Gasteiger partial charge in [-0.15, -0.1) is 0 Å². The Labute approximate surface area is 235 Å². The Kier molecular flexibility index (Phi) is 10.6. The molecule has 0 spiro atoms. The number of hydrogen-bond donors (Lipinski definition) is 2. The van der Waals surface area contributed by atoms with Crippen molar-refractivity contribution < 1.29 is 27.5 Å². The minimum Gasteiger partial charge on any atom is -0.487 e. The lowest BCUT2D eigenvalue weighted by atomic mass is 10.00. The minimum atomic E-state index is -4.77. The molecular weight excluding hydrogens is 543 g/mol. The normalized spacial score (nSPS) is 12.2. The van der Waals surface area contributed by atoms with Gasteiger partial charge in [0.25, 0.3) is 0 Å². The average Bonchev–Trinajstić information content (AvgIpc) is 3.69. The van der Waals surface area contributed by atoms with Crippen LogP contribution in [0.5, 0.6) is 5.75 Å². The predicted octanol–water partition coefficient (Wildman–Crippen LogP) is 6.93. The fraction of sp³-hybridized carbons (Fsp3) is 0.233. The predicted molar refractivity (Wildman–Crippen MR) is 152 cm³/mol. The molecule has 0 saturated carbocycles. The molecule has 0 amide bonds. The summed E-state index contributed by atoms with van der Waals surface area (Å²) in [4.78, 5) is 21.5. The van der Waals surface area contributed by atoms with E-state index in [0.717, 1.165) is 22.8 Å². The van der Waals surface area contributed by atoms with Crippen molar-refractivity contribution in [2.24, 2.45) is 0 Å². The number of ketones is 1. The van der Waals surface area contributed by atoms with Crippen LogP contribution in [0.1, 0.15) is 18.4 Å². The van der Waals surface area contributed by atoms with Gasteiger partial charge in [-0.2, -0.15) is 13.2 Å². The van der Waals surface area contributed by atoms with Crippen molar-refractivity contribution in [2.75, 3.05) is 25.1 Å². The number of benzene rings is 3. The Bertz CT molecular complexity index is 1370. The van der Waals surface area contributed by atoms with Gasteiger partial charge in [0.2, 0.25) is 0 Å². The van der Waals surface area contributed by atoms with Crippen molar-refractivity contribution in [1.29, 1.82) is 5.41 Å². The first-order valence-corrected chi connectivity index (χ1v) is 12.8. The number of aryl methyl sites for hydroxylation is 1. The number of rotatable bonds is 12. The van der Waals surface area contributed by atoms with Crippen LogP contribution in [-0.2, 0) is 16.0 Å². The van der Waals surface area contributed by atoms with Gasteiger partial charge < -0.3 is 19.7 Å². The Hall–Kier alpha value is -3.95. The van der Waals surface area contributed by atoms with E-state index in [-0.39, 0.29) is 18.1 Å². The van der Waals surface area contributed by atoms with Crippen LogP contribution in [0.15, 0.2) is 78.5 Å². The molecule has 0 bridgehead atoms. The number of fused-ring (bicyclic) bond motifs is 1. The monoisotopic (exact) mass is 571 g/mol. The highest BCUT2D eigenvalue weighted by Crippen LogP contribution is 2.55. The Balaban J connectivity index is 0.00000216. The van der Waals surface area contributed by atoms with Crippen molar-refractivity contribution in [3.05, 3.63) is 89.1 Å². The van der Waals surface area contributed by atoms with Gasteiger partial charge in [0.1, 0.15) is 30.6 Å². The molecule has 0 aromatic heterocycles. The van der Waals surface area contributed by atoms with Gasteiger partial charge >= 0.3 is 6.18 Å². The molecule has 1 heterocycles. The fourth-order valence-corrected chi connectivity index (χ4v) is 4.32. The third-order valence-electron chi connectivity index (χ3n) is 6.13. The zero-order valence-corrected chi connectivity index (χ0v) is 22.6. The second kappa shape index (κ2) is 13.9. The smallest absolute Gasteiger partial charge is 0.432 e. The molecule has 0 aliphatic carbocycles. The summed E-state index contributed by atoms with van der Waals surface area (Å²) >= 11 is 6.18. The molecule has 1 aliphatic heterocycles. The number of para-hydroxylation sites is 1. The third kappa shape index (κ3) is 8.03. The number of ether oxygens (including phenoxy) is 1. The first-order chi connectivity index (χ1) is 19.2. The Morgan fingerprint density at radius 3 is 2.40 bits per heavy atom. The van der Waals surface area contributed by atoms with Gasteiger partial charge in [-0.05, 0) is 60.5 Å². The van der Waals surface area contributed by atoms with Crippen molar-refractivity contribution in [3.63, 3.8) is 0 Å². The molecule has 1 aliphatic rings. The van der Waals surface area contributed by atoms with E-state index in [2.05, 4.69) is 5.32 Å². The number of anilines is 2. The molecule has 0 radical (unpaired) electrons. The summed E-state index contributed by atoms with van der Waals surface area (Å²) < 4.78 is 45.0. The number of carbonyl (C=O) groups excluding carboxylic acids is 2. The van der Waals surface area contributed by atoms with Crippen molar-refractivity contribution in [3.8, 4) is 16.9 Å².